The van der Waals surface area contributed by atoms with Gasteiger partial charge in [0.05, 0.1) is 24.2 Å². The first kappa shape index (κ1) is 24.0. The number of nitrogens with zero attached hydrogens (tertiary/aromatic N) is 4. The minimum atomic E-state index is -4.46. The fourth-order valence-corrected chi connectivity index (χ4v) is 3.29. The first-order valence-electron chi connectivity index (χ1n) is 9.96. The zero-order valence-electron chi connectivity index (χ0n) is 18.1. The molecule has 33 heavy (non-hydrogen) atoms. The van der Waals surface area contributed by atoms with Crippen molar-refractivity contribution in [3.05, 3.63) is 76.4 Å². The lowest BCUT2D eigenvalue weighted by molar-refractivity contribution is -0.850. The van der Waals surface area contributed by atoms with E-state index < -0.39 is 24.8 Å². The van der Waals surface area contributed by atoms with Crippen molar-refractivity contribution in [3.63, 3.8) is 0 Å². The fourth-order valence-electron chi connectivity index (χ4n) is 3.29. The summed E-state index contributed by atoms with van der Waals surface area (Å²) in [5.41, 5.74) is 9.22. The van der Waals surface area contributed by atoms with Crippen molar-refractivity contribution in [2.75, 3.05) is 5.73 Å². The monoisotopic (exact) mass is 461 g/mol. The zero-order chi connectivity index (χ0) is 24.3. The molecule has 0 atom stereocenters. The predicted molar refractivity (Wildman–Crippen MR) is 118 cm³/mol. The molecule has 2 heterocycles. The average Bonchev–Trinajstić information content (AvgIpc) is 3.08. The van der Waals surface area contributed by atoms with Gasteiger partial charge in [0.25, 0.3) is 0 Å². The predicted octanol–water partition coefficient (Wildman–Crippen LogP) is 2.91. The molecule has 0 unspecified atom stereocenters. The van der Waals surface area contributed by atoms with Gasteiger partial charge in [0.2, 0.25) is 5.95 Å². The molecule has 8 nitrogen and oxygen atoms in total. The van der Waals surface area contributed by atoms with Gasteiger partial charge in [-0.15, -0.1) is 5.10 Å². The van der Waals surface area contributed by atoms with Gasteiger partial charge in [0.15, 0.2) is 5.65 Å². The molecule has 0 saturated carbocycles. The SMILES string of the molecule is C=C(C)/C=C(\C=C(\C)[NH2+]O)c1c(-c2ccccc2)nc(N)n2c(=O)n(CCC(F)(F)F)nc12. The Hall–Kier alpha value is -3.70. The van der Waals surface area contributed by atoms with E-state index in [0.717, 1.165) is 14.6 Å². The van der Waals surface area contributed by atoms with Gasteiger partial charge in [-0.1, -0.05) is 48.6 Å². The number of nitrogens with two attached hydrogens (primary N) is 2. The smallest absolute Gasteiger partial charge is 0.369 e. The van der Waals surface area contributed by atoms with Crippen LogP contribution in [0, 0.1) is 0 Å². The molecule has 174 valence electrons. The summed E-state index contributed by atoms with van der Waals surface area (Å²) >= 11 is 0. The Balaban J connectivity index is 2.41. The molecule has 11 heteroatoms. The second kappa shape index (κ2) is 9.43. The van der Waals surface area contributed by atoms with Crippen molar-refractivity contribution in [3.8, 4) is 11.3 Å². The van der Waals surface area contributed by atoms with Crippen LogP contribution in [0.2, 0.25) is 0 Å². The van der Waals surface area contributed by atoms with Gasteiger partial charge in [-0.05, 0) is 12.5 Å². The highest BCUT2D eigenvalue weighted by molar-refractivity contribution is 5.92. The highest BCUT2D eigenvalue weighted by atomic mass is 19.4. The molecule has 0 saturated heterocycles. The summed E-state index contributed by atoms with van der Waals surface area (Å²) in [6.07, 6.45) is -2.35. The van der Waals surface area contributed by atoms with E-state index in [2.05, 4.69) is 16.7 Å². The third-order valence-electron chi connectivity index (χ3n) is 4.69. The molecule has 0 aliphatic rings. The number of allylic oxidation sites excluding steroid dienone is 5. The summed E-state index contributed by atoms with van der Waals surface area (Å²) in [6, 6.07) is 8.97. The van der Waals surface area contributed by atoms with E-state index in [1.54, 1.807) is 50.3 Å². The summed E-state index contributed by atoms with van der Waals surface area (Å²) in [4.78, 5) is 17.3. The van der Waals surface area contributed by atoms with Crippen LogP contribution in [0.25, 0.3) is 22.5 Å². The quantitative estimate of drug-likeness (QED) is 0.370. The molecule has 2 aromatic heterocycles. The number of hydrogen-bond acceptors (Lipinski definition) is 5. The van der Waals surface area contributed by atoms with Crippen LogP contribution in [0.4, 0.5) is 19.1 Å². The van der Waals surface area contributed by atoms with Crippen molar-refractivity contribution in [1.29, 1.82) is 0 Å². The molecule has 1 aromatic carbocycles. The second-order valence-electron chi connectivity index (χ2n) is 7.55. The van der Waals surface area contributed by atoms with Crippen molar-refractivity contribution in [1.82, 2.24) is 19.2 Å². The van der Waals surface area contributed by atoms with Crippen molar-refractivity contribution >= 4 is 17.2 Å². The van der Waals surface area contributed by atoms with Crippen molar-refractivity contribution in [2.24, 2.45) is 0 Å². The minimum absolute atomic E-state index is 0.0445. The number of alkyl halides is 3. The molecular weight excluding hydrogens is 437 g/mol. The van der Waals surface area contributed by atoms with E-state index >= 15 is 0 Å². The fraction of sp³-hybridized carbons (Fsp3) is 0.227. The number of nitrogen functional groups attached to an aromatic ring is 1. The van der Waals surface area contributed by atoms with E-state index in [1.807, 2.05) is 6.07 Å². The van der Waals surface area contributed by atoms with Gasteiger partial charge in [0.1, 0.15) is 5.70 Å². The van der Waals surface area contributed by atoms with Crippen LogP contribution in [0.15, 0.2) is 65.1 Å². The van der Waals surface area contributed by atoms with Gasteiger partial charge in [-0.25, -0.2) is 24.1 Å². The summed E-state index contributed by atoms with van der Waals surface area (Å²) < 4.78 is 40.1. The van der Waals surface area contributed by atoms with E-state index in [9.17, 15) is 23.2 Å². The normalized spacial score (nSPS) is 13.0. The van der Waals surface area contributed by atoms with Crippen LogP contribution in [-0.4, -0.2) is 30.5 Å². The highest BCUT2D eigenvalue weighted by Crippen LogP contribution is 2.33. The number of quaternary nitrogens is 1. The number of aryl methyl sites for hydroxylation is 1. The lowest BCUT2D eigenvalue weighted by Gasteiger charge is -2.13. The van der Waals surface area contributed by atoms with Crippen molar-refractivity contribution in [2.45, 2.75) is 33.0 Å². The van der Waals surface area contributed by atoms with Crippen LogP contribution >= 0.6 is 0 Å². The molecule has 0 aliphatic heterocycles. The maximum atomic E-state index is 12.9. The average molecular weight is 461 g/mol. The number of anilines is 1. The summed E-state index contributed by atoms with van der Waals surface area (Å²) in [5, 5.41) is 13.6. The van der Waals surface area contributed by atoms with Crippen molar-refractivity contribution < 1.29 is 23.9 Å². The van der Waals surface area contributed by atoms with Crippen LogP contribution < -0.4 is 16.9 Å². The minimum Gasteiger partial charge on any atom is -0.369 e. The maximum absolute atomic E-state index is 12.9. The Bertz CT molecular complexity index is 1300. The molecule has 3 aromatic rings. The molecular formula is C22H24F3N6O2+. The summed E-state index contributed by atoms with van der Waals surface area (Å²) in [5.74, 6) is -0.208. The Morgan fingerprint density at radius 2 is 1.91 bits per heavy atom. The first-order valence-corrected chi connectivity index (χ1v) is 9.96. The largest absolute Gasteiger partial charge is 0.390 e. The summed E-state index contributed by atoms with van der Waals surface area (Å²) in [7, 11) is 0. The molecule has 0 radical (unpaired) electrons. The molecule has 0 spiro atoms. The lowest BCUT2D eigenvalue weighted by Crippen LogP contribution is -2.77. The number of hydrogen-bond donors (Lipinski definition) is 3. The van der Waals surface area contributed by atoms with Gasteiger partial charge >= 0.3 is 11.9 Å². The standard InChI is InChI=1S/C22H23F3N6O2/c1-13(2)11-16(12-14(3)29-33)17-18(15-7-5-4-6-8-15)27-20(26)31-19(17)28-30(21(31)32)10-9-22(23,24)25/h4-8,11-12,29,33H,1,9-10H2,2-3H3,(H2,26,27)/p+1/b14-12-,16-11+. The molecule has 0 amide bonds. The molecule has 3 rings (SSSR count). The Kier molecular flexibility index (Phi) is 6.84. The molecule has 0 aliphatic carbocycles. The van der Waals surface area contributed by atoms with E-state index in [4.69, 9.17) is 5.73 Å². The molecule has 0 fully saturated rings. The van der Waals surface area contributed by atoms with E-state index in [0.29, 0.717) is 33.7 Å². The number of hydroxylamine groups is 1. The number of rotatable bonds is 7. The Morgan fingerprint density at radius 1 is 1.24 bits per heavy atom. The summed E-state index contributed by atoms with van der Waals surface area (Å²) in [6.45, 7) is 6.64. The topological polar surface area (TPSA) is 115 Å². The Morgan fingerprint density at radius 3 is 2.48 bits per heavy atom. The third-order valence-corrected chi connectivity index (χ3v) is 4.69. The Labute approximate surface area is 187 Å². The number of aromatic nitrogens is 4. The number of fused-ring (bicyclic) bond motifs is 1. The van der Waals surface area contributed by atoms with Crippen LogP contribution in [0.1, 0.15) is 25.8 Å². The van der Waals surface area contributed by atoms with Gasteiger partial charge in [-0.2, -0.15) is 18.7 Å². The third kappa shape index (κ3) is 5.38. The van der Waals surface area contributed by atoms with Crippen LogP contribution in [-0.2, 0) is 6.54 Å². The zero-order valence-corrected chi connectivity index (χ0v) is 18.1. The maximum Gasteiger partial charge on any atom is 0.390 e. The second-order valence-corrected chi connectivity index (χ2v) is 7.55. The van der Waals surface area contributed by atoms with Gasteiger partial charge in [-0.3, -0.25) is 0 Å². The number of benzene rings is 1. The lowest BCUT2D eigenvalue weighted by atomic mass is 9.97. The highest BCUT2D eigenvalue weighted by Gasteiger charge is 2.28. The van der Waals surface area contributed by atoms with Crippen LogP contribution in [0.3, 0.4) is 0 Å². The van der Waals surface area contributed by atoms with Crippen LogP contribution in [0.5, 0.6) is 0 Å². The number of halogens is 3. The van der Waals surface area contributed by atoms with E-state index in [1.165, 1.54) is 0 Å². The van der Waals surface area contributed by atoms with Gasteiger partial charge < -0.3 is 5.73 Å². The van der Waals surface area contributed by atoms with Gasteiger partial charge in [0, 0.05) is 18.6 Å². The molecule has 5 N–H and O–H groups in total. The first-order chi connectivity index (χ1) is 15.5. The molecule has 0 bridgehead atoms. The van der Waals surface area contributed by atoms with E-state index in [-0.39, 0.29) is 11.6 Å².